The van der Waals surface area contributed by atoms with Crippen molar-refractivity contribution < 1.29 is 23.8 Å². The number of carbonyl (C=O) groups excluding carboxylic acids is 2. The van der Waals surface area contributed by atoms with Gasteiger partial charge in [-0.3, -0.25) is 0 Å². The molecule has 0 saturated heterocycles. The quantitative estimate of drug-likeness (QED) is 0.406. The van der Waals surface area contributed by atoms with E-state index in [0.717, 1.165) is 19.1 Å². The van der Waals surface area contributed by atoms with Crippen molar-refractivity contribution in [3.8, 4) is 0 Å². The second-order valence-corrected chi connectivity index (χ2v) is 8.14. The van der Waals surface area contributed by atoms with E-state index in [9.17, 15) is 9.59 Å². The normalized spacial score (nSPS) is 15.2. The number of ether oxygens (including phenoxy) is 3. The Labute approximate surface area is 184 Å². The summed E-state index contributed by atoms with van der Waals surface area (Å²) in [6, 6.07) is -0.148. The summed E-state index contributed by atoms with van der Waals surface area (Å²) in [5.41, 5.74) is -0.534. The van der Waals surface area contributed by atoms with Crippen molar-refractivity contribution >= 4 is 24.8 Å². The third-order valence-corrected chi connectivity index (χ3v) is 4.84. The maximum absolute atomic E-state index is 11.7. The van der Waals surface area contributed by atoms with Crippen molar-refractivity contribution in [1.82, 2.24) is 10.2 Å². The van der Waals surface area contributed by atoms with Gasteiger partial charge < -0.3 is 29.2 Å². The van der Waals surface area contributed by atoms with E-state index in [4.69, 9.17) is 14.2 Å². The maximum Gasteiger partial charge on any atom is 0.410 e. The second-order valence-electron chi connectivity index (χ2n) is 8.14. The molecule has 0 spiro atoms. The SMILES string of the molecule is CC[C@H](C)C(NC)C(OC)OC.CC[C@H](C)[C@@H](C=O)N(C)C(=O)OC(C)(C)C.Cl. The predicted molar refractivity (Wildman–Crippen MR) is 121 cm³/mol. The molecule has 4 atom stereocenters. The van der Waals surface area contributed by atoms with E-state index >= 15 is 0 Å². The molecule has 176 valence electrons. The van der Waals surface area contributed by atoms with Crippen LogP contribution in [0.2, 0.25) is 0 Å². The van der Waals surface area contributed by atoms with Gasteiger partial charge in [0.1, 0.15) is 11.9 Å². The molecule has 7 nitrogen and oxygen atoms in total. The van der Waals surface area contributed by atoms with Crippen LogP contribution in [0.1, 0.15) is 61.3 Å². The van der Waals surface area contributed by atoms with Gasteiger partial charge in [-0.1, -0.05) is 40.5 Å². The molecule has 0 radical (unpaired) electrons. The highest BCUT2D eigenvalue weighted by molar-refractivity contribution is 5.85. The van der Waals surface area contributed by atoms with E-state index in [2.05, 4.69) is 19.2 Å². The van der Waals surface area contributed by atoms with Gasteiger partial charge >= 0.3 is 6.09 Å². The molecule has 0 bridgehead atoms. The number of nitrogens with zero attached hydrogens (tertiary/aromatic N) is 1. The third kappa shape index (κ3) is 13.1. The Balaban J connectivity index is -0.000000468. The molecule has 0 heterocycles. The van der Waals surface area contributed by atoms with E-state index in [-0.39, 0.29) is 30.7 Å². The van der Waals surface area contributed by atoms with Gasteiger partial charge in [0.05, 0.1) is 12.1 Å². The second kappa shape index (κ2) is 16.9. The molecule has 0 rings (SSSR count). The zero-order valence-corrected chi connectivity index (χ0v) is 21.1. The number of nitrogens with one attached hydrogen (secondary N) is 1. The lowest BCUT2D eigenvalue weighted by Gasteiger charge is -2.30. The van der Waals surface area contributed by atoms with Gasteiger partial charge in [-0.2, -0.15) is 0 Å². The molecular formula is C21H45ClN2O5. The van der Waals surface area contributed by atoms with Crippen molar-refractivity contribution in [2.45, 2.75) is 85.3 Å². The predicted octanol–water partition coefficient (Wildman–Crippen LogP) is 4.13. The van der Waals surface area contributed by atoms with Crippen LogP contribution in [0.5, 0.6) is 0 Å². The molecule has 1 N–H and O–H groups in total. The summed E-state index contributed by atoms with van der Waals surface area (Å²) in [7, 11) is 6.86. The summed E-state index contributed by atoms with van der Waals surface area (Å²) in [4.78, 5) is 24.1. The highest BCUT2D eigenvalue weighted by Gasteiger charge is 2.28. The summed E-state index contributed by atoms with van der Waals surface area (Å²) in [6.45, 7) is 13.7. The van der Waals surface area contributed by atoms with E-state index in [0.29, 0.717) is 5.92 Å². The van der Waals surface area contributed by atoms with Crippen molar-refractivity contribution in [2.75, 3.05) is 28.3 Å². The lowest BCUT2D eigenvalue weighted by molar-refractivity contribution is -0.130. The summed E-state index contributed by atoms with van der Waals surface area (Å²) in [6.07, 6.45) is 2.17. The van der Waals surface area contributed by atoms with Gasteiger partial charge in [0.2, 0.25) is 0 Å². The number of methoxy groups -OCH3 is 2. The van der Waals surface area contributed by atoms with Crippen molar-refractivity contribution in [2.24, 2.45) is 11.8 Å². The smallest absolute Gasteiger partial charge is 0.410 e. The molecule has 0 fully saturated rings. The van der Waals surface area contributed by atoms with Crippen molar-refractivity contribution in [1.29, 1.82) is 0 Å². The summed E-state index contributed by atoms with van der Waals surface area (Å²) < 4.78 is 15.6. The van der Waals surface area contributed by atoms with Gasteiger partial charge in [0, 0.05) is 21.3 Å². The number of aldehydes is 1. The molecule has 0 saturated carbocycles. The number of likely N-dealkylation sites (N-methyl/N-ethyl adjacent to an activating group) is 2. The molecule has 29 heavy (non-hydrogen) atoms. The number of halogens is 1. The molecule has 0 aromatic rings. The van der Waals surface area contributed by atoms with E-state index in [1.165, 1.54) is 4.90 Å². The Morgan fingerprint density at radius 1 is 1.07 bits per heavy atom. The molecule has 0 aliphatic rings. The topological polar surface area (TPSA) is 77.1 Å². The number of hydrogen-bond acceptors (Lipinski definition) is 6. The highest BCUT2D eigenvalue weighted by Crippen LogP contribution is 2.16. The maximum atomic E-state index is 11.7. The first-order valence-electron chi connectivity index (χ1n) is 10.1. The minimum Gasteiger partial charge on any atom is -0.444 e. The van der Waals surface area contributed by atoms with Gasteiger partial charge in [-0.25, -0.2) is 4.79 Å². The molecule has 1 unspecified atom stereocenters. The number of carbonyl (C=O) groups is 2. The Morgan fingerprint density at radius 3 is 1.79 bits per heavy atom. The summed E-state index contributed by atoms with van der Waals surface area (Å²) >= 11 is 0. The average molecular weight is 441 g/mol. The van der Waals surface area contributed by atoms with Crippen LogP contribution in [0.4, 0.5) is 4.79 Å². The standard InChI is InChI=1S/C12H23NO3.C9H21NO2.ClH/c1-7-9(2)10(8-14)13(6)11(15)16-12(3,4)5;1-6-7(2)8(10-3)9(11-4)12-5;/h8-10H,7H2,1-6H3;7-10H,6H2,1-5H3;1H/t9-,10+;7-,8?;/m00./s1. The highest BCUT2D eigenvalue weighted by atomic mass is 35.5. The molecular weight excluding hydrogens is 396 g/mol. The van der Waals surface area contributed by atoms with Crippen LogP contribution in [0.15, 0.2) is 0 Å². The first kappa shape index (κ1) is 32.8. The van der Waals surface area contributed by atoms with Crippen LogP contribution >= 0.6 is 12.4 Å². The van der Waals surface area contributed by atoms with Crippen molar-refractivity contribution in [3.05, 3.63) is 0 Å². The van der Waals surface area contributed by atoms with E-state index in [1.54, 1.807) is 42.0 Å². The lowest BCUT2D eigenvalue weighted by atomic mass is 9.99. The van der Waals surface area contributed by atoms with Crippen LogP contribution in [0.3, 0.4) is 0 Å². The number of amides is 1. The molecule has 0 aromatic carbocycles. The lowest BCUT2D eigenvalue weighted by Crippen LogP contribution is -2.44. The largest absolute Gasteiger partial charge is 0.444 e. The fraction of sp³-hybridized carbons (Fsp3) is 0.905. The molecule has 0 aliphatic heterocycles. The zero-order valence-electron chi connectivity index (χ0n) is 20.3. The first-order valence-corrected chi connectivity index (χ1v) is 10.1. The van der Waals surface area contributed by atoms with Gasteiger partial charge in [-0.15, -0.1) is 12.4 Å². The molecule has 8 heteroatoms. The van der Waals surface area contributed by atoms with Crippen LogP contribution in [0.25, 0.3) is 0 Å². The summed E-state index contributed by atoms with van der Waals surface area (Å²) in [5.74, 6) is 0.690. The first-order chi connectivity index (χ1) is 12.9. The Morgan fingerprint density at radius 2 is 1.52 bits per heavy atom. The number of rotatable bonds is 10. The Kier molecular flexibility index (Phi) is 19.0. The van der Waals surface area contributed by atoms with Crippen LogP contribution < -0.4 is 5.32 Å². The van der Waals surface area contributed by atoms with Gasteiger partial charge in [-0.05, 0) is 39.7 Å². The van der Waals surface area contributed by atoms with Crippen molar-refractivity contribution in [3.63, 3.8) is 0 Å². The minimum absolute atomic E-state index is 0. The minimum atomic E-state index is -0.534. The molecule has 0 aliphatic carbocycles. The van der Waals surface area contributed by atoms with Gasteiger partial charge in [0.25, 0.3) is 0 Å². The van der Waals surface area contributed by atoms with Crippen LogP contribution in [0, 0.1) is 11.8 Å². The van der Waals surface area contributed by atoms with Gasteiger partial charge in [0.15, 0.2) is 6.29 Å². The monoisotopic (exact) mass is 440 g/mol. The zero-order chi connectivity index (χ0) is 22.5. The number of hydrogen-bond donors (Lipinski definition) is 1. The summed E-state index contributed by atoms with van der Waals surface area (Å²) in [5, 5.41) is 3.20. The molecule has 0 aromatic heterocycles. The third-order valence-electron chi connectivity index (χ3n) is 4.84. The Bertz CT molecular complexity index is 428. The Hall–Kier alpha value is -0.890. The van der Waals surface area contributed by atoms with Crippen LogP contribution in [-0.4, -0.2) is 69.6 Å². The van der Waals surface area contributed by atoms with Crippen LogP contribution in [-0.2, 0) is 19.0 Å². The fourth-order valence-electron chi connectivity index (χ4n) is 2.64. The van der Waals surface area contributed by atoms with E-state index in [1.807, 2.05) is 20.9 Å². The van der Waals surface area contributed by atoms with E-state index < -0.39 is 17.7 Å². The molecule has 1 amide bonds. The average Bonchev–Trinajstić information content (AvgIpc) is 2.64. The fourth-order valence-corrected chi connectivity index (χ4v) is 2.64.